The molecule has 0 aromatic heterocycles. The predicted molar refractivity (Wildman–Crippen MR) is 73.4 cm³/mol. The summed E-state index contributed by atoms with van der Waals surface area (Å²) in [6.45, 7) is 6.53. The zero-order valence-corrected chi connectivity index (χ0v) is 11.9. The lowest BCUT2D eigenvalue weighted by molar-refractivity contribution is -0.125. The molecule has 0 radical (unpaired) electrons. The van der Waals surface area contributed by atoms with E-state index in [4.69, 9.17) is 0 Å². The van der Waals surface area contributed by atoms with E-state index < -0.39 is 0 Å². The average molecular weight is 253 g/mol. The monoisotopic (exact) mass is 253 g/mol. The molecule has 2 saturated heterocycles. The molecule has 4 nitrogen and oxygen atoms in total. The Morgan fingerprint density at radius 3 is 2.72 bits per heavy atom. The van der Waals surface area contributed by atoms with Crippen LogP contribution in [0.1, 0.15) is 39.5 Å². The zero-order valence-electron chi connectivity index (χ0n) is 11.9. The maximum atomic E-state index is 12.2. The smallest absolute Gasteiger partial charge is 0.237 e. The van der Waals surface area contributed by atoms with Gasteiger partial charge >= 0.3 is 0 Å². The molecule has 0 aliphatic carbocycles. The lowest BCUT2D eigenvalue weighted by Crippen LogP contribution is -2.54. The molecule has 0 spiro atoms. The van der Waals surface area contributed by atoms with Gasteiger partial charge in [-0.3, -0.25) is 4.79 Å². The van der Waals surface area contributed by atoms with E-state index in [0.717, 1.165) is 32.4 Å². The number of nitrogens with zero attached hydrogens (tertiary/aromatic N) is 1. The lowest BCUT2D eigenvalue weighted by atomic mass is 9.93. The largest absolute Gasteiger partial charge is 0.352 e. The van der Waals surface area contributed by atoms with Gasteiger partial charge in [0.25, 0.3) is 0 Å². The van der Waals surface area contributed by atoms with E-state index >= 15 is 0 Å². The minimum Gasteiger partial charge on any atom is -0.352 e. The van der Waals surface area contributed by atoms with Crippen LogP contribution in [0.5, 0.6) is 0 Å². The summed E-state index contributed by atoms with van der Waals surface area (Å²) >= 11 is 0. The van der Waals surface area contributed by atoms with Crippen LogP contribution in [0.4, 0.5) is 0 Å². The Hall–Kier alpha value is -0.610. The second-order valence-corrected chi connectivity index (χ2v) is 6.20. The fraction of sp³-hybridized carbons (Fsp3) is 0.929. The van der Waals surface area contributed by atoms with Crippen molar-refractivity contribution in [3.63, 3.8) is 0 Å². The normalized spacial score (nSPS) is 38.4. The number of rotatable bonds is 2. The molecule has 0 saturated carbocycles. The first-order chi connectivity index (χ1) is 8.56. The van der Waals surface area contributed by atoms with Gasteiger partial charge in [0.15, 0.2) is 0 Å². The van der Waals surface area contributed by atoms with Crippen molar-refractivity contribution in [2.75, 3.05) is 20.1 Å². The molecule has 2 heterocycles. The van der Waals surface area contributed by atoms with Crippen molar-refractivity contribution in [3.8, 4) is 0 Å². The molecular formula is C14H27N3O. The van der Waals surface area contributed by atoms with E-state index in [-0.39, 0.29) is 11.9 Å². The fourth-order valence-corrected chi connectivity index (χ4v) is 3.03. The zero-order chi connectivity index (χ0) is 13.1. The first-order valence-corrected chi connectivity index (χ1v) is 7.30. The van der Waals surface area contributed by atoms with Crippen molar-refractivity contribution in [2.24, 2.45) is 5.92 Å². The molecule has 0 aromatic carbocycles. The molecule has 18 heavy (non-hydrogen) atoms. The van der Waals surface area contributed by atoms with E-state index in [2.05, 4.69) is 36.4 Å². The molecular weight excluding hydrogens is 226 g/mol. The van der Waals surface area contributed by atoms with Crippen LogP contribution in [0, 0.1) is 5.92 Å². The number of carbonyl (C=O) groups is 1. The Bertz CT molecular complexity index is 295. The molecule has 2 rings (SSSR count). The van der Waals surface area contributed by atoms with Gasteiger partial charge in [0, 0.05) is 18.6 Å². The summed E-state index contributed by atoms with van der Waals surface area (Å²) in [5, 5.41) is 6.57. The first kappa shape index (κ1) is 13.8. The summed E-state index contributed by atoms with van der Waals surface area (Å²) in [7, 11) is 2.16. The van der Waals surface area contributed by atoms with Crippen LogP contribution >= 0.6 is 0 Å². The van der Waals surface area contributed by atoms with Gasteiger partial charge in [0.2, 0.25) is 5.91 Å². The highest BCUT2D eigenvalue weighted by molar-refractivity contribution is 5.82. The van der Waals surface area contributed by atoms with Gasteiger partial charge in [-0.05, 0) is 52.1 Å². The highest BCUT2D eigenvalue weighted by Crippen LogP contribution is 2.18. The van der Waals surface area contributed by atoms with Crippen molar-refractivity contribution < 1.29 is 4.79 Å². The minimum atomic E-state index is 0.0312. The van der Waals surface area contributed by atoms with Gasteiger partial charge < -0.3 is 15.5 Å². The number of carbonyl (C=O) groups excluding carboxylic acids is 1. The Morgan fingerprint density at radius 2 is 2.06 bits per heavy atom. The van der Waals surface area contributed by atoms with Crippen molar-refractivity contribution in [1.82, 2.24) is 15.5 Å². The molecule has 4 unspecified atom stereocenters. The van der Waals surface area contributed by atoms with Crippen LogP contribution < -0.4 is 10.6 Å². The third kappa shape index (κ3) is 3.45. The Balaban J connectivity index is 1.80. The Kier molecular flexibility index (Phi) is 4.62. The topological polar surface area (TPSA) is 44.4 Å². The van der Waals surface area contributed by atoms with E-state index in [1.165, 1.54) is 6.42 Å². The van der Waals surface area contributed by atoms with Gasteiger partial charge in [-0.1, -0.05) is 6.92 Å². The van der Waals surface area contributed by atoms with Gasteiger partial charge in [0.05, 0.1) is 6.04 Å². The molecule has 2 aliphatic rings. The number of amides is 1. The van der Waals surface area contributed by atoms with Gasteiger partial charge in [0.1, 0.15) is 0 Å². The molecule has 104 valence electrons. The van der Waals surface area contributed by atoms with Crippen LogP contribution in [-0.2, 0) is 4.79 Å². The van der Waals surface area contributed by atoms with Gasteiger partial charge in [-0.2, -0.15) is 0 Å². The van der Waals surface area contributed by atoms with Crippen LogP contribution in [0.3, 0.4) is 0 Å². The number of hydrogen-bond donors (Lipinski definition) is 2. The van der Waals surface area contributed by atoms with Crippen LogP contribution in [0.15, 0.2) is 0 Å². The van der Waals surface area contributed by atoms with Crippen molar-refractivity contribution >= 4 is 5.91 Å². The molecule has 4 heteroatoms. The summed E-state index contributed by atoms with van der Waals surface area (Å²) in [5.74, 6) is 0.877. The summed E-state index contributed by atoms with van der Waals surface area (Å²) in [6.07, 6.45) is 4.32. The Morgan fingerprint density at radius 1 is 1.28 bits per heavy atom. The van der Waals surface area contributed by atoms with E-state index in [0.29, 0.717) is 18.0 Å². The van der Waals surface area contributed by atoms with E-state index in [1.807, 2.05) is 0 Å². The summed E-state index contributed by atoms with van der Waals surface area (Å²) in [4.78, 5) is 14.6. The second kappa shape index (κ2) is 6.02. The molecule has 2 N–H and O–H groups in total. The van der Waals surface area contributed by atoms with Gasteiger partial charge in [-0.25, -0.2) is 0 Å². The minimum absolute atomic E-state index is 0.0312. The third-order valence-corrected chi connectivity index (χ3v) is 4.54. The number of hydrogen-bond acceptors (Lipinski definition) is 3. The molecule has 0 aromatic rings. The standard InChI is InChI=1S/C14H27N3O/c1-10-4-6-15-13(8-10)14(18)16-12-5-7-17(3)11(2)9-12/h10-13,15H,4-9H2,1-3H3,(H,16,18). The van der Waals surface area contributed by atoms with Crippen molar-refractivity contribution in [1.29, 1.82) is 0 Å². The van der Waals surface area contributed by atoms with E-state index in [1.54, 1.807) is 0 Å². The maximum Gasteiger partial charge on any atom is 0.237 e. The number of nitrogens with one attached hydrogen (secondary N) is 2. The molecule has 2 fully saturated rings. The maximum absolute atomic E-state index is 12.2. The van der Waals surface area contributed by atoms with Gasteiger partial charge in [-0.15, -0.1) is 0 Å². The molecule has 2 aliphatic heterocycles. The summed E-state index contributed by atoms with van der Waals surface area (Å²) in [6, 6.07) is 0.966. The van der Waals surface area contributed by atoms with Crippen LogP contribution in [0.25, 0.3) is 0 Å². The highest BCUT2D eigenvalue weighted by atomic mass is 16.2. The lowest BCUT2D eigenvalue weighted by Gasteiger charge is -2.36. The van der Waals surface area contributed by atoms with Crippen LogP contribution in [0.2, 0.25) is 0 Å². The summed E-state index contributed by atoms with van der Waals surface area (Å²) < 4.78 is 0. The van der Waals surface area contributed by atoms with Crippen molar-refractivity contribution in [2.45, 2.75) is 57.7 Å². The SMILES string of the molecule is CC1CCNC(C(=O)NC2CCN(C)C(C)C2)C1. The highest BCUT2D eigenvalue weighted by Gasteiger charge is 2.28. The van der Waals surface area contributed by atoms with E-state index in [9.17, 15) is 4.79 Å². The second-order valence-electron chi connectivity index (χ2n) is 6.20. The van der Waals surface area contributed by atoms with Crippen molar-refractivity contribution in [3.05, 3.63) is 0 Å². The number of piperidine rings is 2. The van der Waals surface area contributed by atoms with Crippen LogP contribution in [-0.4, -0.2) is 49.1 Å². The molecule has 4 atom stereocenters. The molecule has 0 bridgehead atoms. The first-order valence-electron chi connectivity index (χ1n) is 7.30. The number of likely N-dealkylation sites (tertiary alicyclic amines) is 1. The fourth-order valence-electron chi connectivity index (χ4n) is 3.03. The predicted octanol–water partition coefficient (Wildman–Crippen LogP) is 0.973. The molecule has 1 amide bonds. The third-order valence-electron chi connectivity index (χ3n) is 4.54. The quantitative estimate of drug-likeness (QED) is 0.771. The Labute approximate surface area is 110 Å². The summed E-state index contributed by atoms with van der Waals surface area (Å²) in [5.41, 5.74) is 0. The average Bonchev–Trinajstić information content (AvgIpc) is 2.34.